The van der Waals surface area contributed by atoms with Gasteiger partial charge in [0.2, 0.25) is 0 Å². The number of piperidine rings is 1. The van der Waals surface area contributed by atoms with Gasteiger partial charge in [-0.1, -0.05) is 12.2 Å². The number of aromatic nitrogens is 1. The Balaban J connectivity index is 2.15. The number of aliphatic hydroxyl groups excluding tert-OH is 1. The Morgan fingerprint density at radius 2 is 2.33 bits per heavy atom. The number of pyridine rings is 1. The molecule has 1 unspecified atom stereocenters. The third-order valence-corrected chi connectivity index (χ3v) is 3.65. The van der Waals surface area contributed by atoms with Gasteiger partial charge in [-0.2, -0.15) is 0 Å². The number of anilines is 1. The van der Waals surface area contributed by atoms with E-state index in [1.807, 2.05) is 12.1 Å². The molecular weight excluding hydrogens is 246 g/mol. The summed E-state index contributed by atoms with van der Waals surface area (Å²) in [5, 5.41) is 9.12. The molecule has 5 heteroatoms. The van der Waals surface area contributed by atoms with Crippen molar-refractivity contribution in [2.75, 3.05) is 18.1 Å². The summed E-state index contributed by atoms with van der Waals surface area (Å²) in [6.45, 7) is 1.23. The minimum Gasteiger partial charge on any atom is -0.396 e. The van der Waals surface area contributed by atoms with E-state index < -0.39 is 0 Å². The first-order valence-electron chi connectivity index (χ1n) is 6.35. The lowest BCUT2D eigenvalue weighted by Gasteiger charge is -2.36. The minimum atomic E-state index is 0.228. The van der Waals surface area contributed by atoms with Gasteiger partial charge >= 0.3 is 0 Å². The number of rotatable bonds is 4. The molecule has 0 bridgehead atoms. The summed E-state index contributed by atoms with van der Waals surface area (Å²) in [6.07, 6.45) is 6.06. The summed E-state index contributed by atoms with van der Waals surface area (Å²) in [5.41, 5.74) is 6.36. The Kier molecular flexibility index (Phi) is 4.49. The Labute approximate surface area is 113 Å². The fourth-order valence-electron chi connectivity index (χ4n) is 2.45. The standard InChI is InChI=1S/C13H19N3OS/c14-13(18)10-4-5-12(15-9-10)16-7-2-1-3-11(16)6-8-17/h4-5,9,11,17H,1-3,6-8H2,(H2,14,18). The summed E-state index contributed by atoms with van der Waals surface area (Å²) in [7, 11) is 0. The Morgan fingerprint density at radius 3 is 2.94 bits per heavy atom. The van der Waals surface area contributed by atoms with E-state index in [-0.39, 0.29) is 6.61 Å². The number of nitrogens with two attached hydrogens (primary N) is 1. The molecular formula is C13H19N3OS. The highest BCUT2D eigenvalue weighted by molar-refractivity contribution is 7.80. The third kappa shape index (κ3) is 2.97. The van der Waals surface area contributed by atoms with Crippen LogP contribution < -0.4 is 10.6 Å². The van der Waals surface area contributed by atoms with Crippen molar-refractivity contribution >= 4 is 23.0 Å². The van der Waals surface area contributed by atoms with E-state index in [9.17, 15) is 0 Å². The zero-order valence-electron chi connectivity index (χ0n) is 10.4. The molecule has 0 saturated carbocycles. The average Bonchev–Trinajstić information content (AvgIpc) is 2.40. The maximum atomic E-state index is 9.12. The van der Waals surface area contributed by atoms with Crippen LogP contribution in [-0.4, -0.2) is 34.3 Å². The lowest BCUT2D eigenvalue weighted by atomic mass is 9.99. The van der Waals surface area contributed by atoms with Gasteiger partial charge < -0.3 is 15.7 Å². The van der Waals surface area contributed by atoms with Gasteiger partial charge in [-0.25, -0.2) is 4.98 Å². The summed E-state index contributed by atoms with van der Waals surface area (Å²) in [6, 6.07) is 4.27. The van der Waals surface area contributed by atoms with Crippen molar-refractivity contribution in [3.8, 4) is 0 Å². The first kappa shape index (κ1) is 13.2. The van der Waals surface area contributed by atoms with E-state index >= 15 is 0 Å². The summed E-state index contributed by atoms with van der Waals surface area (Å²) in [4.78, 5) is 7.09. The molecule has 1 saturated heterocycles. The summed E-state index contributed by atoms with van der Waals surface area (Å²) < 4.78 is 0. The number of hydrogen-bond acceptors (Lipinski definition) is 4. The van der Waals surface area contributed by atoms with E-state index in [2.05, 4.69) is 9.88 Å². The lowest BCUT2D eigenvalue weighted by molar-refractivity contribution is 0.262. The molecule has 1 fully saturated rings. The molecule has 4 nitrogen and oxygen atoms in total. The van der Waals surface area contributed by atoms with E-state index in [4.69, 9.17) is 23.1 Å². The number of aliphatic hydroxyl groups is 1. The van der Waals surface area contributed by atoms with E-state index in [0.717, 1.165) is 30.8 Å². The van der Waals surface area contributed by atoms with E-state index in [1.165, 1.54) is 12.8 Å². The van der Waals surface area contributed by atoms with Crippen molar-refractivity contribution in [1.82, 2.24) is 4.98 Å². The fourth-order valence-corrected chi connectivity index (χ4v) is 2.57. The molecule has 1 aliphatic rings. The summed E-state index contributed by atoms with van der Waals surface area (Å²) in [5.74, 6) is 0.952. The molecule has 2 heterocycles. The fraction of sp³-hybridized carbons (Fsp3) is 0.538. The third-order valence-electron chi connectivity index (χ3n) is 3.42. The van der Waals surface area contributed by atoms with Gasteiger partial charge in [0.25, 0.3) is 0 Å². The monoisotopic (exact) mass is 265 g/mol. The molecule has 2 rings (SSSR count). The normalized spacial score (nSPS) is 19.8. The first-order chi connectivity index (χ1) is 8.72. The number of thiocarbonyl (C=S) groups is 1. The molecule has 3 N–H and O–H groups in total. The minimum absolute atomic E-state index is 0.228. The van der Waals surface area contributed by atoms with Crippen LogP contribution in [0, 0.1) is 0 Å². The number of nitrogens with zero attached hydrogens (tertiary/aromatic N) is 2. The Hall–Kier alpha value is -1.20. The van der Waals surface area contributed by atoms with Crippen LogP contribution in [0.15, 0.2) is 18.3 Å². The SMILES string of the molecule is NC(=S)c1ccc(N2CCCCC2CCO)nc1. The van der Waals surface area contributed by atoms with Gasteiger partial charge in [0.05, 0.1) is 0 Å². The molecule has 0 aliphatic carbocycles. The zero-order valence-corrected chi connectivity index (χ0v) is 11.2. The van der Waals surface area contributed by atoms with Gasteiger partial charge in [-0.3, -0.25) is 0 Å². The maximum Gasteiger partial charge on any atom is 0.128 e. The van der Waals surface area contributed by atoms with Gasteiger partial charge in [0.15, 0.2) is 0 Å². The molecule has 1 aromatic rings. The van der Waals surface area contributed by atoms with Crippen LogP contribution in [0.4, 0.5) is 5.82 Å². The second-order valence-electron chi connectivity index (χ2n) is 4.62. The van der Waals surface area contributed by atoms with Crippen molar-refractivity contribution in [3.05, 3.63) is 23.9 Å². The molecule has 1 aromatic heterocycles. The predicted octanol–water partition coefficient (Wildman–Crippen LogP) is 1.46. The average molecular weight is 265 g/mol. The summed E-state index contributed by atoms with van der Waals surface area (Å²) >= 11 is 4.92. The number of hydrogen-bond donors (Lipinski definition) is 2. The zero-order chi connectivity index (χ0) is 13.0. The second kappa shape index (κ2) is 6.11. The van der Waals surface area contributed by atoms with E-state index in [0.29, 0.717) is 11.0 Å². The van der Waals surface area contributed by atoms with Crippen molar-refractivity contribution in [2.24, 2.45) is 5.73 Å². The predicted molar refractivity (Wildman–Crippen MR) is 76.8 cm³/mol. The maximum absolute atomic E-state index is 9.12. The van der Waals surface area contributed by atoms with Crippen molar-refractivity contribution in [2.45, 2.75) is 31.7 Å². The highest BCUT2D eigenvalue weighted by Gasteiger charge is 2.22. The second-order valence-corrected chi connectivity index (χ2v) is 5.06. The van der Waals surface area contributed by atoms with Gasteiger partial charge in [-0.15, -0.1) is 0 Å². The topological polar surface area (TPSA) is 62.4 Å². The molecule has 0 spiro atoms. The largest absolute Gasteiger partial charge is 0.396 e. The molecule has 98 valence electrons. The van der Waals surface area contributed by atoms with Crippen LogP contribution in [-0.2, 0) is 0 Å². The Morgan fingerprint density at radius 1 is 1.50 bits per heavy atom. The molecule has 0 amide bonds. The quantitative estimate of drug-likeness (QED) is 0.807. The molecule has 1 aliphatic heterocycles. The first-order valence-corrected chi connectivity index (χ1v) is 6.76. The van der Waals surface area contributed by atoms with E-state index in [1.54, 1.807) is 6.20 Å². The van der Waals surface area contributed by atoms with Gasteiger partial charge in [-0.05, 0) is 37.8 Å². The van der Waals surface area contributed by atoms with Gasteiger partial charge in [0.1, 0.15) is 10.8 Å². The van der Waals surface area contributed by atoms with Crippen molar-refractivity contribution in [3.63, 3.8) is 0 Å². The van der Waals surface area contributed by atoms with Crippen LogP contribution in [0.1, 0.15) is 31.2 Å². The van der Waals surface area contributed by atoms with Crippen LogP contribution >= 0.6 is 12.2 Å². The van der Waals surface area contributed by atoms with Crippen molar-refractivity contribution < 1.29 is 5.11 Å². The lowest BCUT2D eigenvalue weighted by Crippen LogP contribution is -2.40. The smallest absolute Gasteiger partial charge is 0.128 e. The van der Waals surface area contributed by atoms with Gasteiger partial charge in [0, 0.05) is 31.0 Å². The molecule has 0 aromatic carbocycles. The Bertz CT molecular complexity index is 405. The van der Waals surface area contributed by atoms with Crippen LogP contribution in [0.25, 0.3) is 0 Å². The van der Waals surface area contributed by atoms with Crippen molar-refractivity contribution in [1.29, 1.82) is 0 Å². The molecule has 0 radical (unpaired) electrons. The highest BCUT2D eigenvalue weighted by Crippen LogP contribution is 2.24. The molecule has 18 heavy (non-hydrogen) atoms. The van der Waals surface area contributed by atoms with Crippen LogP contribution in [0.2, 0.25) is 0 Å². The highest BCUT2D eigenvalue weighted by atomic mass is 32.1. The van der Waals surface area contributed by atoms with Crippen LogP contribution in [0.5, 0.6) is 0 Å². The molecule has 1 atom stereocenters. The van der Waals surface area contributed by atoms with Crippen LogP contribution in [0.3, 0.4) is 0 Å².